The Morgan fingerprint density at radius 2 is 2.00 bits per heavy atom. The van der Waals surface area contributed by atoms with E-state index in [9.17, 15) is 9.59 Å². The number of ether oxygens (including phenoxy) is 1. The predicted octanol–water partition coefficient (Wildman–Crippen LogP) is 1.14. The third kappa shape index (κ3) is 4.47. The maximum Gasteiger partial charge on any atom is 0.325 e. The van der Waals surface area contributed by atoms with Crippen molar-refractivity contribution in [3.8, 4) is 5.82 Å². The average molecular weight is 337 g/mol. The van der Waals surface area contributed by atoms with E-state index in [2.05, 4.69) is 20.4 Å². The van der Waals surface area contributed by atoms with Gasteiger partial charge in [0.25, 0.3) is 5.91 Å². The van der Waals surface area contributed by atoms with Gasteiger partial charge in [-0.3, -0.25) is 9.59 Å². The molecular weight excluding hydrogens is 322 g/mol. The molecule has 8 nitrogen and oxygen atoms in total. The van der Waals surface area contributed by atoms with Crippen LogP contribution in [0.4, 0.5) is 0 Å². The number of carbonyl (C=O) groups is 2. The normalized spacial score (nSPS) is 10.2. The third-order valence-corrected chi connectivity index (χ3v) is 3.30. The quantitative estimate of drug-likeness (QED) is 0.677. The van der Waals surface area contributed by atoms with Gasteiger partial charge >= 0.3 is 5.97 Å². The molecule has 1 aromatic carbocycles. The number of carbonyl (C=O) groups excluding carboxylic acids is 2. The number of benzene rings is 1. The number of nitrogens with one attached hydrogen (secondary N) is 1. The van der Waals surface area contributed by atoms with Crippen molar-refractivity contribution in [1.29, 1.82) is 0 Å². The van der Waals surface area contributed by atoms with Crippen molar-refractivity contribution < 1.29 is 14.3 Å². The first-order valence-corrected chi connectivity index (χ1v) is 7.51. The molecule has 25 heavy (non-hydrogen) atoms. The van der Waals surface area contributed by atoms with Gasteiger partial charge in [-0.25, -0.2) is 14.6 Å². The second kappa shape index (κ2) is 7.82. The summed E-state index contributed by atoms with van der Waals surface area (Å²) in [5.41, 5.74) is 1.24. The van der Waals surface area contributed by atoms with Gasteiger partial charge in [-0.05, 0) is 17.7 Å². The van der Waals surface area contributed by atoms with Crippen LogP contribution in [0.15, 0.2) is 61.3 Å². The number of rotatable bonds is 6. The van der Waals surface area contributed by atoms with Crippen molar-refractivity contribution in [2.75, 3.05) is 6.54 Å². The van der Waals surface area contributed by atoms with E-state index in [1.165, 1.54) is 23.5 Å². The Balaban J connectivity index is 1.52. The summed E-state index contributed by atoms with van der Waals surface area (Å²) in [6.45, 7) is -0.0477. The highest BCUT2D eigenvalue weighted by molar-refractivity contribution is 5.96. The van der Waals surface area contributed by atoms with E-state index < -0.39 is 11.9 Å². The van der Waals surface area contributed by atoms with Crippen LogP contribution in [0.5, 0.6) is 0 Å². The number of amides is 1. The van der Waals surface area contributed by atoms with Crippen LogP contribution in [0.1, 0.15) is 15.9 Å². The summed E-state index contributed by atoms with van der Waals surface area (Å²) in [5, 5.41) is 6.47. The molecule has 3 aromatic rings. The monoisotopic (exact) mass is 337 g/mol. The van der Waals surface area contributed by atoms with Crippen LogP contribution in [0.3, 0.4) is 0 Å². The highest BCUT2D eigenvalue weighted by atomic mass is 16.5. The van der Waals surface area contributed by atoms with E-state index in [0.717, 1.165) is 5.56 Å². The fourth-order valence-corrected chi connectivity index (χ4v) is 2.06. The molecule has 0 saturated carbocycles. The van der Waals surface area contributed by atoms with E-state index in [0.29, 0.717) is 11.4 Å². The number of pyridine rings is 1. The third-order valence-electron chi connectivity index (χ3n) is 3.30. The highest BCUT2D eigenvalue weighted by Crippen LogP contribution is 2.05. The van der Waals surface area contributed by atoms with E-state index in [4.69, 9.17) is 4.74 Å². The molecule has 0 bridgehead atoms. The summed E-state index contributed by atoms with van der Waals surface area (Å²) in [5.74, 6) is -0.458. The Bertz CT molecular complexity index is 850. The number of hydrogen-bond donors (Lipinski definition) is 1. The number of aromatic nitrogens is 4. The summed E-state index contributed by atoms with van der Waals surface area (Å²) in [6, 6.07) is 12.4. The molecule has 0 spiro atoms. The minimum absolute atomic E-state index is 0.168. The molecule has 0 atom stereocenters. The highest BCUT2D eigenvalue weighted by Gasteiger charge is 2.11. The molecule has 8 heteroatoms. The number of nitrogens with zero attached hydrogens (tertiary/aromatic N) is 4. The van der Waals surface area contributed by atoms with Gasteiger partial charge in [0.15, 0.2) is 5.82 Å². The lowest BCUT2D eigenvalue weighted by Crippen LogP contribution is -2.30. The minimum atomic E-state index is -0.511. The summed E-state index contributed by atoms with van der Waals surface area (Å²) in [6.07, 6.45) is 4.34. The molecule has 0 aliphatic rings. The van der Waals surface area contributed by atoms with Crippen molar-refractivity contribution in [1.82, 2.24) is 25.1 Å². The Morgan fingerprint density at radius 3 is 2.76 bits per heavy atom. The van der Waals surface area contributed by atoms with Crippen LogP contribution >= 0.6 is 0 Å². The molecule has 2 aromatic heterocycles. The fraction of sp³-hybridized carbons (Fsp3) is 0.118. The second-order valence-corrected chi connectivity index (χ2v) is 5.07. The maximum absolute atomic E-state index is 12.2. The first-order valence-electron chi connectivity index (χ1n) is 7.51. The first kappa shape index (κ1) is 16.3. The molecular formula is C17H15N5O3. The van der Waals surface area contributed by atoms with Gasteiger partial charge in [0, 0.05) is 11.8 Å². The molecule has 2 heterocycles. The summed E-state index contributed by atoms with van der Waals surface area (Å²) >= 11 is 0. The van der Waals surface area contributed by atoms with Gasteiger partial charge in [0.2, 0.25) is 0 Å². The van der Waals surface area contributed by atoms with Crippen LogP contribution in [-0.2, 0) is 16.1 Å². The molecule has 1 amide bonds. The molecule has 0 radical (unpaired) electrons. The van der Waals surface area contributed by atoms with E-state index >= 15 is 0 Å². The molecule has 3 rings (SSSR count). The zero-order valence-electron chi connectivity index (χ0n) is 13.2. The van der Waals surface area contributed by atoms with Gasteiger partial charge in [-0.15, -0.1) is 0 Å². The molecule has 0 fully saturated rings. The van der Waals surface area contributed by atoms with Gasteiger partial charge in [-0.2, -0.15) is 5.10 Å². The zero-order chi connectivity index (χ0) is 17.5. The zero-order valence-corrected chi connectivity index (χ0v) is 13.2. The van der Waals surface area contributed by atoms with Crippen molar-refractivity contribution >= 4 is 11.9 Å². The van der Waals surface area contributed by atoms with Crippen molar-refractivity contribution in [3.63, 3.8) is 0 Å². The Kier molecular flexibility index (Phi) is 5.10. The Labute approximate surface area is 143 Å². The number of hydrogen-bond acceptors (Lipinski definition) is 6. The smallest absolute Gasteiger partial charge is 0.325 e. The van der Waals surface area contributed by atoms with E-state index in [1.54, 1.807) is 12.1 Å². The van der Waals surface area contributed by atoms with Crippen molar-refractivity contribution in [2.45, 2.75) is 6.61 Å². The van der Waals surface area contributed by atoms with Crippen LogP contribution in [0.2, 0.25) is 0 Å². The lowest BCUT2D eigenvalue weighted by Gasteiger charge is -2.07. The molecule has 1 N–H and O–H groups in total. The maximum atomic E-state index is 12.2. The van der Waals surface area contributed by atoms with E-state index in [1.807, 2.05) is 30.3 Å². The van der Waals surface area contributed by atoms with Gasteiger partial charge in [-0.1, -0.05) is 30.3 Å². The molecule has 0 aliphatic carbocycles. The van der Waals surface area contributed by atoms with E-state index in [-0.39, 0.29) is 13.2 Å². The molecule has 0 unspecified atom stereocenters. The Morgan fingerprint density at radius 1 is 1.16 bits per heavy atom. The van der Waals surface area contributed by atoms with Crippen LogP contribution in [-0.4, -0.2) is 38.2 Å². The molecule has 126 valence electrons. The SMILES string of the molecule is O=C(CNC(=O)c1ccnc(-n2cncn2)c1)OCc1ccccc1. The lowest BCUT2D eigenvalue weighted by atomic mass is 10.2. The van der Waals surface area contributed by atoms with Gasteiger partial charge in [0.05, 0.1) is 0 Å². The van der Waals surface area contributed by atoms with Gasteiger partial charge < -0.3 is 10.1 Å². The molecule has 0 aliphatic heterocycles. The average Bonchev–Trinajstić information content (AvgIpc) is 3.20. The van der Waals surface area contributed by atoms with Crippen LogP contribution in [0.25, 0.3) is 5.82 Å². The number of esters is 1. The van der Waals surface area contributed by atoms with Gasteiger partial charge in [0.1, 0.15) is 25.8 Å². The van der Waals surface area contributed by atoms with Crippen LogP contribution < -0.4 is 5.32 Å². The topological polar surface area (TPSA) is 99.0 Å². The lowest BCUT2D eigenvalue weighted by molar-refractivity contribution is -0.143. The van der Waals surface area contributed by atoms with Crippen molar-refractivity contribution in [3.05, 3.63) is 72.4 Å². The second-order valence-electron chi connectivity index (χ2n) is 5.07. The first-order chi connectivity index (χ1) is 12.2. The largest absolute Gasteiger partial charge is 0.460 e. The predicted molar refractivity (Wildman–Crippen MR) is 87.7 cm³/mol. The minimum Gasteiger partial charge on any atom is -0.460 e. The van der Waals surface area contributed by atoms with Crippen molar-refractivity contribution in [2.24, 2.45) is 0 Å². The Hall–Kier alpha value is -3.55. The standard InChI is InChI=1S/C17H15N5O3/c23-16(25-10-13-4-2-1-3-5-13)9-20-17(24)14-6-7-19-15(8-14)22-12-18-11-21-22/h1-8,11-12H,9-10H2,(H,20,24). The van der Waals surface area contributed by atoms with Crippen LogP contribution in [0, 0.1) is 0 Å². The summed E-state index contributed by atoms with van der Waals surface area (Å²) < 4.78 is 6.54. The summed E-state index contributed by atoms with van der Waals surface area (Å²) in [7, 11) is 0. The fourth-order valence-electron chi connectivity index (χ4n) is 2.06. The molecule has 0 saturated heterocycles. The summed E-state index contributed by atoms with van der Waals surface area (Å²) in [4.78, 5) is 31.8.